The molecule has 3 aliphatic rings. The van der Waals surface area contributed by atoms with E-state index in [2.05, 4.69) is 25.1 Å². The molecule has 0 bridgehead atoms. The van der Waals surface area contributed by atoms with Gasteiger partial charge in [-0.1, -0.05) is 11.6 Å². The number of alkyl halides is 1. The van der Waals surface area contributed by atoms with Gasteiger partial charge >= 0.3 is 6.01 Å². The molecule has 0 aliphatic carbocycles. The Kier molecular flexibility index (Phi) is 8.64. The van der Waals surface area contributed by atoms with Gasteiger partial charge in [0, 0.05) is 54.3 Å². The summed E-state index contributed by atoms with van der Waals surface area (Å²) in [4.78, 5) is 28.8. The van der Waals surface area contributed by atoms with Crippen LogP contribution in [-0.4, -0.2) is 93.7 Å². The Labute approximate surface area is 269 Å². The van der Waals surface area contributed by atoms with Crippen LogP contribution in [0.5, 0.6) is 6.01 Å². The molecular weight excluding hydrogens is 618 g/mol. The maximum absolute atomic E-state index is 17.0. The molecule has 46 heavy (non-hydrogen) atoms. The lowest BCUT2D eigenvalue weighted by atomic mass is 9.95. The Morgan fingerprint density at radius 2 is 2.07 bits per heavy atom. The van der Waals surface area contributed by atoms with Gasteiger partial charge in [0.15, 0.2) is 5.82 Å². The monoisotopic (exact) mass is 654 g/mol. The number of H-pyrrole nitrogens is 1. The standard InChI is InChI=1S/C32H37ClF2N8O3/c33-24-11-25-22(14-38-41-25)26(21(24)6-1-2-10-45-18-44)29-27(35)28-23(13-37-29)30(42-8-3-5-20(36)16-42)40-31(39-28)46-17-32-7-4-9-43(32)15-19(34)12-32/h11,13-14,18-20H,1-10,12,15-17,36H2,(H,38,41)/t19-,20-,32+/m1/s1. The topological polar surface area (TPSA) is 135 Å². The molecule has 6 heterocycles. The second kappa shape index (κ2) is 12.8. The number of carbonyl (C=O) groups excluding carboxylic acids is 1. The Balaban J connectivity index is 1.32. The van der Waals surface area contributed by atoms with E-state index in [1.165, 1.54) is 0 Å². The minimum Gasteiger partial charge on any atom is -0.468 e. The summed E-state index contributed by atoms with van der Waals surface area (Å²) in [6.45, 7) is 3.41. The molecule has 0 saturated carbocycles. The van der Waals surface area contributed by atoms with E-state index in [0.717, 1.165) is 32.2 Å². The van der Waals surface area contributed by atoms with E-state index in [1.54, 1.807) is 18.5 Å². The number of benzene rings is 1. The summed E-state index contributed by atoms with van der Waals surface area (Å²) in [5.74, 6) is -0.119. The molecule has 0 amide bonds. The highest BCUT2D eigenvalue weighted by Crippen LogP contribution is 2.42. The van der Waals surface area contributed by atoms with Crippen LogP contribution in [0.25, 0.3) is 33.1 Å². The first-order chi connectivity index (χ1) is 22.4. The Bertz CT molecular complexity index is 1760. The summed E-state index contributed by atoms with van der Waals surface area (Å²) in [6.07, 6.45) is 8.06. The highest BCUT2D eigenvalue weighted by Gasteiger charge is 2.49. The third kappa shape index (κ3) is 5.73. The number of nitrogens with two attached hydrogens (primary N) is 1. The molecule has 3 fully saturated rings. The van der Waals surface area contributed by atoms with Gasteiger partial charge < -0.3 is 20.1 Å². The molecule has 7 rings (SSSR count). The van der Waals surface area contributed by atoms with Crippen LogP contribution < -0.4 is 15.4 Å². The van der Waals surface area contributed by atoms with Crippen LogP contribution in [0.15, 0.2) is 18.5 Å². The normalized spacial score (nSPS) is 23.3. The zero-order valence-electron chi connectivity index (χ0n) is 25.5. The van der Waals surface area contributed by atoms with Gasteiger partial charge in [-0.25, -0.2) is 8.78 Å². The van der Waals surface area contributed by atoms with E-state index in [4.69, 9.17) is 31.8 Å². The molecule has 0 spiro atoms. The number of fused-ring (bicyclic) bond motifs is 3. The third-order valence-electron chi connectivity index (χ3n) is 9.67. The Morgan fingerprint density at radius 3 is 2.91 bits per heavy atom. The number of halogens is 3. The number of anilines is 1. The predicted octanol–water partition coefficient (Wildman–Crippen LogP) is 4.74. The average molecular weight is 655 g/mol. The van der Waals surface area contributed by atoms with E-state index >= 15 is 4.39 Å². The van der Waals surface area contributed by atoms with E-state index < -0.39 is 17.5 Å². The summed E-state index contributed by atoms with van der Waals surface area (Å²) in [7, 11) is 0. The summed E-state index contributed by atoms with van der Waals surface area (Å²) < 4.78 is 42.5. The number of piperidine rings is 1. The summed E-state index contributed by atoms with van der Waals surface area (Å²) in [5.41, 5.74) is 7.96. The fourth-order valence-electron chi connectivity index (χ4n) is 7.50. The first-order valence-electron chi connectivity index (χ1n) is 16.0. The maximum atomic E-state index is 17.0. The van der Waals surface area contributed by atoms with Gasteiger partial charge in [0.05, 0.1) is 29.2 Å². The van der Waals surface area contributed by atoms with Crippen molar-refractivity contribution in [1.82, 2.24) is 30.0 Å². The predicted molar refractivity (Wildman–Crippen MR) is 170 cm³/mol. The molecule has 1 aromatic carbocycles. The zero-order valence-corrected chi connectivity index (χ0v) is 26.2. The molecule has 4 aromatic rings. The minimum atomic E-state index is -0.901. The molecule has 3 aromatic heterocycles. The first-order valence-corrected chi connectivity index (χ1v) is 16.3. The second-order valence-corrected chi connectivity index (χ2v) is 13.1. The van der Waals surface area contributed by atoms with Crippen LogP contribution in [0.2, 0.25) is 5.02 Å². The van der Waals surface area contributed by atoms with Crippen LogP contribution in [0.4, 0.5) is 14.6 Å². The molecule has 14 heteroatoms. The molecule has 3 N–H and O–H groups in total. The van der Waals surface area contributed by atoms with E-state index in [-0.39, 0.29) is 36.5 Å². The van der Waals surface area contributed by atoms with Gasteiger partial charge in [-0.15, -0.1) is 0 Å². The van der Waals surface area contributed by atoms with E-state index in [1.807, 2.05) is 4.90 Å². The van der Waals surface area contributed by atoms with Crippen molar-refractivity contribution < 1.29 is 23.0 Å². The molecule has 11 nitrogen and oxygen atoms in total. The van der Waals surface area contributed by atoms with Crippen LogP contribution in [0, 0.1) is 5.82 Å². The quantitative estimate of drug-likeness (QED) is 0.172. The maximum Gasteiger partial charge on any atom is 0.319 e. The van der Waals surface area contributed by atoms with Crippen molar-refractivity contribution in [3.05, 3.63) is 34.9 Å². The van der Waals surface area contributed by atoms with Gasteiger partial charge in [0.25, 0.3) is 6.47 Å². The van der Waals surface area contributed by atoms with Crippen molar-refractivity contribution in [1.29, 1.82) is 0 Å². The third-order valence-corrected chi connectivity index (χ3v) is 10.0. The Hall–Kier alpha value is -3.68. The van der Waals surface area contributed by atoms with Crippen molar-refractivity contribution >= 4 is 45.7 Å². The van der Waals surface area contributed by atoms with Gasteiger partial charge in [-0.3, -0.25) is 19.8 Å². The molecule has 244 valence electrons. The van der Waals surface area contributed by atoms with Crippen molar-refractivity contribution in [2.24, 2.45) is 5.73 Å². The smallest absolute Gasteiger partial charge is 0.319 e. The molecular formula is C32H37ClF2N8O3. The van der Waals surface area contributed by atoms with Crippen molar-refractivity contribution in [3.63, 3.8) is 0 Å². The summed E-state index contributed by atoms with van der Waals surface area (Å²) in [6, 6.07) is 1.76. The number of nitrogens with zero attached hydrogens (tertiary/aromatic N) is 6. The van der Waals surface area contributed by atoms with E-state index in [0.29, 0.717) is 90.0 Å². The fraction of sp³-hybridized carbons (Fsp3) is 0.531. The number of aromatic amines is 1. The van der Waals surface area contributed by atoms with Gasteiger partial charge in [0.1, 0.15) is 29.8 Å². The first kappa shape index (κ1) is 30.9. The average Bonchev–Trinajstić information content (AvgIpc) is 3.74. The Morgan fingerprint density at radius 1 is 1.17 bits per heavy atom. The van der Waals surface area contributed by atoms with E-state index in [9.17, 15) is 9.18 Å². The van der Waals surface area contributed by atoms with Crippen molar-refractivity contribution in [3.8, 4) is 17.3 Å². The van der Waals surface area contributed by atoms with Gasteiger partial charge in [-0.2, -0.15) is 15.1 Å². The molecule has 3 atom stereocenters. The number of rotatable bonds is 11. The van der Waals surface area contributed by atoms with Crippen molar-refractivity contribution in [2.75, 3.05) is 44.3 Å². The minimum absolute atomic E-state index is 0.0381. The highest BCUT2D eigenvalue weighted by atomic mass is 35.5. The number of ether oxygens (including phenoxy) is 2. The lowest BCUT2D eigenvalue weighted by Gasteiger charge is -2.33. The lowest BCUT2D eigenvalue weighted by molar-refractivity contribution is -0.128. The van der Waals surface area contributed by atoms with Crippen LogP contribution in [0.1, 0.15) is 50.5 Å². The largest absolute Gasteiger partial charge is 0.468 e. The number of hydrogen-bond donors (Lipinski definition) is 2. The summed E-state index contributed by atoms with van der Waals surface area (Å²) in [5, 5.41) is 8.68. The lowest BCUT2D eigenvalue weighted by Crippen LogP contribution is -2.44. The number of pyridine rings is 1. The van der Waals surface area contributed by atoms with Crippen LogP contribution in [0.3, 0.4) is 0 Å². The number of carbonyl (C=O) groups is 1. The second-order valence-electron chi connectivity index (χ2n) is 12.7. The van der Waals surface area contributed by atoms with Gasteiger partial charge in [0.2, 0.25) is 0 Å². The van der Waals surface area contributed by atoms with Crippen LogP contribution >= 0.6 is 11.6 Å². The number of aromatic nitrogens is 5. The number of nitrogens with one attached hydrogen (secondary N) is 1. The van der Waals surface area contributed by atoms with Crippen molar-refractivity contribution in [2.45, 2.75) is 69.1 Å². The molecule has 0 radical (unpaired) electrons. The fourth-order valence-corrected chi connectivity index (χ4v) is 7.80. The zero-order chi connectivity index (χ0) is 31.8. The molecule has 3 aliphatic heterocycles. The molecule has 0 unspecified atom stereocenters. The van der Waals surface area contributed by atoms with Crippen LogP contribution in [-0.2, 0) is 16.0 Å². The highest BCUT2D eigenvalue weighted by molar-refractivity contribution is 6.33. The SMILES string of the molecule is N[C@@H]1CCCN(c2nc(OC[C@@]34CCCN3C[C@H](F)C4)nc3c(F)c(-c4c(CCCCOC=O)c(Cl)cc5[nH]ncc45)ncc23)C1. The van der Waals surface area contributed by atoms with Gasteiger partial charge in [-0.05, 0) is 63.1 Å². The number of unbranched alkanes of at least 4 members (excludes halogenated alkanes) is 1. The number of hydrogen-bond acceptors (Lipinski definition) is 10. The molecule has 3 saturated heterocycles. The summed E-state index contributed by atoms with van der Waals surface area (Å²) >= 11 is 6.77.